The van der Waals surface area contributed by atoms with E-state index < -0.39 is 160 Å². The van der Waals surface area contributed by atoms with E-state index in [9.17, 15) is 70.2 Å². The molecule has 0 aliphatic carbocycles. The van der Waals surface area contributed by atoms with Gasteiger partial charge in [0.05, 0.1) is 13.2 Å². The Morgan fingerprint density at radius 2 is 0.891 bits per heavy atom. The Kier molecular flexibility index (Phi) is 15.6. The van der Waals surface area contributed by atoms with Crippen LogP contribution in [0, 0.1) is 0 Å². The van der Waals surface area contributed by atoms with Crippen molar-refractivity contribution in [1.82, 2.24) is 10.6 Å². The van der Waals surface area contributed by atoms with Crippen molar-refractivity contribution in [1.29, 1.82) is 0 Å². The van der Waals surface area contributed by atoms with E-state index in [4.69, 9.17) is 42.6 Å². The minimum absolute atomic E-state index is 0.655. The van der Waals surface area contributed by atoms with Crippen LogP contribution in [0.4, 0.5) is 0 Å². The molecule has 0 aromatic carbocycles. The Morgan fingerprint density at radius 3 is 1.27 bits per heavy atom. The molecule has 0 bridgehead atoms. The molecular formula is C30H48N2O23. The SMILES string of the molecule is CO[C@@H]1C(C(=O)O)O[C@@H](OC2[C@H](O)C(CO)O[C@@H](O[C@@H]3C(C(=O)O)O[C@@H](OC4[C@H](O)C(CO)O[C@@H](OC)[C@H]4NC(C)=O)[C@@H](O)C3O)[C@H]2NC(C)=O)[C@@H](O)C1O. The van der Waals surface area contributed by atoms with Gasteiger partial charge in [-0.15, -0.1) is 0 Å². The summed E-state index contributed by atoms with van der Waals surface area (Å²) in [7, 11) is 2.22. The van der Waals surface area contributed by atoms with Gasteiger partial charge in [0.1, 0.15) is 85.3 Å². The van der Waals surface area contributed by atoms with Crippen LogP contribution in [0.15, 0.2) is 0 Å². The fourth-order valence-corrected chi connectivity index (χ4v) is 6.73. The number of hydrogen-bond acceptors (Lipinski definition) is 21. The molecule has 2 amide bonds. The molecule has 12 N–H and O–H groups in total. The van der Waals surface area contributed by atoms with Crippen LogP contribution in [0.25, 0.3) is 0 Å². The van der Waals surface area contributed by atoms with Crippen LogP contribution in [0.5, 0.6) is 0 Å². The molecule has 4 fully saturated rings. The lowest BCUT2D eigenvalue weighted by molar-refractivity contribution is -0.369. The summed E-state index contributed by atoms with van der Waals surface area (Å²) >= 11 is 0. The Labute approximate surface area is 311 Å². The highest BCUT2D eigenvalue weighted by atomic mass is 16.8. The van der Waals surface area contributed by atoms with Crippen LogP contribution < -0.4 is 10.6 Å². The zero-order valence-corrected chi connectivity index (χ0v) is 29.7. The molecule has 4 rings (SSSR count). The molecule has 55 heavy (non-hydrogen) atoms. The Morgan fingerprint density at radius 1 is 0.509 bits per heavy atom. The van der Waals surface area contributed by atoms with Crippen LogP contribution in [0.3, 0.4) is 0 Å². The first-order valence-corrected chi connectivity index (χ1v) is 16.8. The van der Waals surface area contributed by atoms with E-state index in [2.05, 4.69) is 10.6 Å². The number of carbonyl (C=O) groups is 4. The van der Waals surface area contributed by atoms with Gasteiger partial charge >= 0.3 is 11.9 Å². The largest absolute Gasteiger partial charge is 0.479 e. The summed E-state index contributed by atoms with van der Waals surface area (Å²) in [6.07, 6.45) is -33.9. The average molecular weight is 805 g/mol. The summed E-state index contributed by atoms with van der Waals surface area (Å²) in [5, 5.41) is 110. The Balaban J connectivity index is 1.63. The van der Waals surface area contributed by atoms with Gasteiger partial charge in [0.15, 0.2) is 37.4 Å². The maximum Gasteiger partial charge on any atom is 0.335 e. The van der Waals surface area contributed by atoms with Gasteiger partial charge in [-0.25, -0.2) is 9.59 Å². The van der Waals surface area contributed by atoms with Crippen molar-refractivity contribution in [3.8, 4) is 0 Å². The van der Waals surface area contributed by atoms with Gasteiger partial charge in [-0.05, 0) is 0 Å². The monoisotopic (exact) mass is 804 g/mol. The maximum absolute atomic E-state index is 12.6. The molecule has 4 heterocycles. The van der Waals surface area contributed by atoms with Crippen LogP contribution in [-0.4, -0.2) is 225 Å². The van der Waals surface area contributed by atoms with Crippen molar-refractivity contribution in [2.45, 2.75) is 137 Å². The zero-order chi connectivity index (χ0) is 41.0. The second kappa shape index (κ2) is 19.1. The molecule has 4 aliphatic heterocycles. The molecular weight excluding hydrogens is 756 g/mol. The zero-order valence-electron chi connectivity index (χ0n) is 29.7. The highest BCUT2D eigenvalue weighted by Crippen LogP contribution is 2.35. The number of amides is 2. The highest BCUT2D eigenvalue weighted by molar-refractivity contribution is 5.74. The normalized spacial score (nSPS) is 45.0. The molecule has 0 spiro atoms. The van der Waals surface area contributed by atoms with E-state index in [0.29, 0.717) is 0 Å². The topological polar surface area (TPSA) is 378 Å². The third-order valence-electron chi connectivity index (χ3n) is 9.40. The quantitative estimate of drug-likeness (QED) is 0.0775. The Hall–Kier alpha value is -2.80. The van der Waals surface area contributed by atoms with Crippen LogP contribution >= 0.6 is 0 Å². The smallest absolute Gasteiger partial charge is 0.335 e. The van der Waals surface area contributed by atoms with Crippen LogP contribution in [0.2, 0.25) is 0 Å². The van der Waals surface area contributed by atoms with Gasteiger partial charge in [0, 0.05) is 28.1 Å². The first kappa shape index (κ1) is 44.9. The summed E-state index contributed by atoms with van der Waals surface area (Å²) in [6.45, 7) is 0.347. The van der Waals surface area contributed by atoms with Gasteiger partial charge in [0.2, 0.25) is 11.8 Å². The standard InChI is InChI=1S/C30H48N2O23/c1-7(35)31-11-19(13(37)9(5-33)49-27(11)48-4)51-30-18(42)16(40)22(24(55-30)26(45)46)53-28-12(32-8(2)36)20(14(38)10(6-34)50-28)52-29-17(41)15(39)21(47-3)23(54-29)25(43)44/h9-24,27-30,33-34,37-42H,5-6H2,1-4H3,(H,31,35)(H,32,36)(H,43,44)(H,45,46)/t9?,10?,11-,12-,13+,14+,15?,16?,17-,18-,19?,20?,21-,22-,23?,24?,27+,28-,29+,30+/m0/s1. The predicted octanol–water partition coefficient (Wildman–Crippen LogP) is -7.97. The lowest BCUT2D eigenvalue weighted by Gasteiger charge is -2.50. The van der Waals surface area contributed by atoms with Crippen molar-refractivity contribution in [2.75, 3.05) is 27.4 Å². The number of carboxylic acid groups (broad SMARTS) is 2. The molecule has 316 valence electrons. The molecule has 0 aromatic heterocycles. The summed E-state index contributed by atoms with van der Waals surface area (Å²) < 4.78 is 49.3. The van der Waals surface area contributed by atoms with Gasteiger partial charge in [-0.3, -0.25) is 9.59 Å². The second-order valence-corrected chi connectivity index (χ2v) is 13.1. The number of carbonyl (C=O) groups excluding carboxylic acids is 2. The molecule has 25 heteroatoms. The van der Waals surface area contributed by atoms with Crippen molar-refractivity contribution in [3.05, 3.63) is 0 Å². The molecule has 0 saturated carbocycles. The minimum atomic E-state index is -2.26. The minimum Gasteiger partial charge on any atom is -0.479 e. The van der Waals surface area contributed by atoms with Gasteiger partial charge in [0.25, 0.3) is 0 Å². The molecule has 0 aromatic rings. The number of rotatable bonds is 14. The average Bonchev–Trinajstić information content (AvgIpc) is 3.12. The number of nitrogens with one attached hydrogen (secondary N) is 2. The van der Waals surface area contributed by atoms with Gasteiger partial charge in [-0.1, -0.05) is 0 Å². The van der Waals surface area contributed by atoms with Crippen LogP contribution in [0.1, 0.15) is 13.8 Å². The summed E-state index contributed by atoms with van der Waals surface area (Å²) in [4.78, 5) is 48.8. The van der Waals surface area contributed by atoms with E-state index in [1.54, 1.807) is 0 Å². The summed E-state index contributed by atoms with van der Waals surface area (Å²) in [5.74, 6) is -4.96. The number of methoxy groups -OCH3 is 2. The number of aliphatic carboxylic acids is 2. The fourth-order valence-electron chi connectivity index (χ4n) is 6.73. The van der Waals surface area contributed by atoms with E-state index in [0.717, 1.165) is 21.0 Å². The number of aliphatic hydroxyl groups excluding tert-OH is 8. The third-order valence-corrected chi connectivity index (χ3v) is 9.40. The molecule has 8 unspecified atom stereocenters. The molecule has 0 radical (unpaired) electrons. The number of ether oxygens (including phenoxy) is 9. The van der Waals surface area contributed by atoms with Crippen molar-refractivity contribution in [2.24, 2.45) is 0 Å². The molecule has 25 nitrogen and oxygen atoms in total. The number of carboxylic acids is 2. The molecule has 4 saturated heterocycles. The lowest BCUT2D eigenvalue weighted by atomic mass is 9.94. The Bertz CT molecular complexity index is 1330. The molecule has 20 atom stereocenters. The van der Waals surface area contributed by atoms with Crippen molar-refractivity contribution < 1.29 is 113 Å². The third kappa shape index (κ3) is 9.67. The van der Waals surface area contributed by atoms with Crippen LogP contribution in [-0.2, 0) is 61.8 Å². The second-order valence-electron chi connectivity index (χ2n) is 13.1. The van der Waals surface area contributed by atoms with Gasteiger partial charge in [-0.2, -0.15) is 0 Å². The number of hydrogen-bond donors (Lipinski definition) is 12. The van der Waals surface area contributed by atoms with E-state index >= 15 is 0 Å². The summed E-state index contributed by atoms with van der Waals surface area (Å²) in [5.41, 5.74) is 0. The van der Waals surface area contributed by atoms with E-state index in [-0.39, 0.29) is 0 Å². The van der Waals surface area contributed by atoms with Crippen molar-refractivity contribution in [3.63, 3.8) is 0 Å². The fraction of sp³-hybridized carbons (Fsp3) is 0.867. The first-order chi connectivity index (χ1) is 25.9. The first-order valence-electron chi connectivity index (χ1n) is 16.8. The van der Waals surface area contributed by atoms with Gasteiger partial charge < -0.3 is 104 Å². The number of aliphatic hydroxyl groups is 8. The van der Waals surface area contributed by atoms with E-state index in [1.165, 1.54) is 7.11 Å². The predicted molar refractivity (Wildman–Crippen MR) is 168 cm³/mol. The molecule has 4 aliphatic rings. The maximum atomic E-state index is 12.6. The van der Waals surface area contributed by atoms with E-state index in [1.807, 2.05) is 0 Å². The lowest BCUT2D eigenvalue weighted by Crippen LogP contribution is -2.70. The highest BCUT2D eigenvalue weighted by Gasteiger charge is 2.57. The summed E-state index contributed by atoms with van der Waals surface area (Å²) in [6, 6.07) is -3.09. The van der Waals surface area contributed by atoms with Crippen molar-refractivity contribution >= 4 is 23.8 Å².